The molecule has 1 heterocycles. The van der Waals surface area contributed by atoms with Crippen LogP contribution < -0.4 is 0 Å². The summed E-state index contributed by atoms with van der Waals surface area (Å²) in [5, 5.41) is 4.63. The van der Waals surface area contributed by atoms with Gasteiger partial charge in [-0.3, -0.25) is 4.79 Å². The molecule has 0 aromatic carbocycles. The van der Waals surface area contributed by atoms with E-state index in [1.807, 2.05) is 0 Å². The average Bonchev–Trinajstić information content (AvgIpc) is 2.78. The van der Waals surface area contributed by atoms with Crippen molar-refractivity contribution in [2.75, 3.05) is 13.6 Å². The van der Waals surface area contributed by atoms with Crippen molar-refractivity contribution in [3.05, 3.63) is 11.8 Å². The van der Waals surface area contributed by atoms with Crippen LogP contribution in [0, 0.1) is 0 Å². The van der Waals surface area contributed by atoms with Gasteiger partial charge in [-0.2, -0.15) is 56.3 Å². The Morgan fingerprint density at radius 2 is 1.34 bits per heavy atom. The lowest BCUT2D eigenvalue weighted by molar-refractivity contribution is -0.177. The van der Waals surface area contributed by atoms with Crippen molar-refractivity contribution in [2.45, 2.75) is 50.4 Å². The van der Waals surface area contributed by atoms with Crippen LogP contribution in [-0.4, -0.2) is 73.3 Å². The summed E-state index contributed by atoms with van der Waals surface area (Å²) in [6.07, 6.45) is -3.12. The zero-order valence-corrected chi connectivity index (χ0v) is 18.3. The minimum absolute atomic E-state index is 0.583. The quantitative estimate of drug-likeness (QED) is 0.515. The second-order valence-corrected chi connectivity index (χ2v) is 9.92. The summed E-state index contributed by atoms with van der Waals surface area (Å²) in [5.74, 6) is -4.39. The van der Waals surface area contributed by atoms with Gasteiger partial charge in [0.15, 0.2) is 0 Å². The van der Waals surface area contributed by atoms with Gasteiger partial charge >= 0.3 is 43.1 Å². The first-order valence-corrected chi connectivity index (χ1v) is 11.1. The summed E-state index contributed by atoms with van der Waals surface area (Å²) in [5.41, 5.74) is -12.5. The second-order valence-electron chi connectivity index (χ2n) is 6.14. The van der Waals surface area contributed by atoms with Crippen LogP contribution in [0.15, 0.2) is 11.8 Å². The van der Waals surface area contributed by atoms with E-state index in [9.17, 15) is 61.1 Å². The van der Waals surface area contributed by atoms with E-state index in [0.717, 1.165) is 6.54 Å². The number of alkyl halides is 9. The topological polar surface area (TPSA) is 95.1 Å². The number of halogens is 9. The lowest BCUT2D eigenvalue weighted by atomic mass is 10.3. The molecule has 0 radical (unpaired) electrons. The predicted octanol–water partition coefficient (Wildman–Crippen LogP) is 2.93. The Kier molecular flexibility index (Phi) is 9.09. The van der Waals surface area contributed by atoms with Crippen LogP contribution in [-0.2, 0) is 24.8 Å². The van der Waals surface area contributed by atoms with Crippen LogP contribution in [0.1, 0.15) is 27.2 Å². The van der Waals surface area contributed by atoms with Crippen LogP contribution in [0.3, 0.4) is 0 Å². The van der Waals surface area contributed by atoms with Gasteiger partial charge in [-0.15, -0.1) is 3.71 Å². The van der Waals surface area contributed by atoms with E-state index >= 15 is 0 Å². The minimum Gasteiger partial charge on any atom is -0.313 e. The molecule has 1 atom stereocenters. The Hall–Kier alpha value is -1.76. The normalized spacial score (nSPS) is 18.7. The standard InChI is InChI=1S/C9H18N2.C4F9NO5S2/c1-5-6-11-9(3)7-8(2)10(11)4;5-2(6,7)1(15)14(20(16,17)3(8,9)10)21(18,19)4(11,12)13/h7,9H,5-6H2,1-4H3;. The highest BCUT2D eigenvalue weighted by Crippen LogP contribution is 2.37. The van der Waals surface area contributed by atoms with Gasteiger partial charge in [-0.1, -0.05) is 6.92 Å². The molecule has 0 fully saturated rings. The van der Waals surface area contributed by atoms with Gasteiger partial charge in [0.1, 0.15) is 0 Å². The van der Waals surface area contributed by atoms with Gasteiger partial charge in [0.05, 0.1) is 0 Å². The van der Waals surface area contributed by atoms with Crippen LogP contribution in [0.5, 0.6) is 0 Å². The number of carbonyl (C=O) groups is 1. The number of carbonyl (C=O) groups excluding carboxylic acids is 1. The zero-order valence-electron chi connectivity index (χ0n) is 16.7. The first-order chi connectivity index (χ1) is 13.9. The number of allylic oxidation sites excluding steroid dienone is 1. The SMILES string of the molecule is CCCN1C(C)C=C(C)N1C.O=C(N(S(=O)(=O)C(F)(F)F)S(=O)(=O)C(F)(F)F)C(F)(F)F. The molecule has 0 bridgehead atoms. The van der Waals surface area contributed by atoms with E-state index in [1.54, 1.807) is 0 Å². The molecule has 0 saturated heterocycles. The first kappa shape index (κ1) is 30.2. The lowest BCUT2D eigenvalue weighted by Crippen LogP contribution is -2.55. The summed E-state index contributed by atoms with van der Waals surface area (Å²) in [6, 6.07) is 0.583. The highest BCUT2D eigenvalue weighted by Gasteiger charge is 2.67. The number of sulfonamides is 2. The zero-order chi connectivity index (χ0) is 26.1. The summed E-state index contributed by atoms with van der Waals surface area (Å²) in [4.78, 5) is 10.4. The maximum Gasteiger partial charge on any atom is 0.517 e. The predicted molar refractivity (Wildman–Crippen MR) is 90.8 cm³/mol. The van der Waals surface area contributed by atoms with Gasteiger partial charge in [0, 0.05) is 25.3 Å². The number of hydrogen-bond donors (Lipinski definition) is 0. The Balaban J connectivity index is 0.000000726. The fourth-order valence-corrected chi connectivity index (χ4v) is 4.80. The maximum atomic E-state index is 12.0. The summed E-state index contributed by atoms with van der Waals surface area (Å²) < 4.78 is 146. The van der Waals surface area contributed by atoms with Crippen molar-refractivity contribution in [1.82, 2.24) is 13.7 Å². The fraction of sp³-hybridized carbons (Fsp3) is 0.769. The van der Waals surface area contributed by atoms with E-state index < -0.39 is 46.9 Å². The number of nitrogens with zero attached hydrogens (tertiary/aromatic N) is 3. The third-order valence-corrected chi connectivity index (χ3v) is 7.28. The van der Waals surface area contributed by atoms with E-state index in [0.29, 0.717) is 6.04 Å². The van der Waals surface area contributed by atoms with Crippen molar-refractivity contribution in [2.24, 2.45) is 0 Å². The van der Waals surface area contributed by atoms with Crippen LogP contribution in [0.25, 0.3) is 0 Å². The third-order valence-electron chi connectivity index (χ3n) is 3.73. The molecule has 0 aromatic heterocycles. The van der Waals surface area contributed by atoms with Gasteiger partial charge in [-0.05, 0) is 26.3 Å². The second kappa shape index (κ2) is 9.62. The Morgan fingerprint density at radius 1 is 0.969 bits per heavy atom. The largest absolute Gasteiger partial charge is 0.517 e. The highest BCUT2D eigenvalue weighted by atomic mass is 32.3. The molecule has 1 unspecified atom stereocenters. The number of hydrogen-bond acceptors (Lipinski definition) is 7. The van der Waals surface area contributed by atoms with E-state index in [1.165, 1.54) is 12.1 Å². The molecule has 8 nitrogen and oxygen atoms in total. The molecule has 19 heteroatoms. The van der Waals surface area contributed by atoms with Gasteiger partial charge in [0.2, 0.25) is 0 Å². The van der Waals surface area contributed by atoms with Crippen LogP contribution >= 0.6 is 0 Å². The minimum atomic E-state index is -7.81. The number of hydrazine groups is 1. The number of amides is 1. The van der Waals surface area contributed by atoms with E-state index in [4.69, 9.17) is 0 Å². The average molecular weight is 531 g/mol. The molecule has 0 spiro atoms. The molecule has 0 saturated carbocycles. The maximum absolute atomic E-state index is 12.0. The highest BCUT2D eigenvalue weighted by molar-refractivity contribution is 8.05. The number of rotatable bonds is 4. The molecular weight excluding hydrogens is 513 g/mol. The van der Waals surface area contributed by atoms with Crippen molar-refractivity contribution in [3.8, 4) is 0 Å². The Morgan fingerprint density at radius 3 is 1.56 bits per heavy atom. The molecule has 1 aliphatic rings. The molecule has 1 rings (SSSR count). The van der Waals surface area contributed by atoms with Crippen molar-refractivity contribution >= 4 is 26.0 Å². The molecule has 0 aromatic rings. The van der Waals surface area contributed by atoms with Gasteiger partial charge in [0.25, 0.3) is 0 Å². The van der Waals surface area contributed by atoms with Crippen molar-refractivity contribution in [3.63, 3.8) is 0 Å². The molecule has 190 valence electrons. The molecular formula is C13H18F9N3O5S2. The summed E-state index contributed by atoms with van der Waals surface area (Å²) in [7, 11) is -13.5. The smallest absolute Gasteiger partial charge is 0.313 e. The van der Waals surface area contributed by atoms with Crippen LogP contribution in [0.4, 0.5) is 39.5 Å². The monoisotopic (exact) mass is 531 g/mol. The van der Waals surface area contributed by atoms with Crippen molar-refractivity contribution in [1.29, 1.82) is 0 Å². The van der Waals surface area contributed by atoms with E-state index in [2.05, 4.69) is 43.9 Å². The van der Waals surface area contributed by atoms with Gasteiger partial charge < -0.3 is 5.01 Å². The van der Waals surface area contributed by atoms with Crippen LogP contribution in [0.2, 0.25) is 0 Å². The molecule has 0 N–H and O–H groups in total. The van der Waals surface area contributed by atoms with Gasteiger partial charge in [-0.25, -0.2) is 5.01 Å². The third kappa shape index (κ3) is 6.40. The first-order valence-electron chi connectivity index (χ1n) is 8.17. The summed E-state index contributed by atoms with van der Waals surface area (Å²) >= 11 is 0. The fourth-order valence-electron chi connectivity index (χ4n) is 2.24. The molecule has 0 aliphatic carbocycles. The summed E-state index contributed by atoms with van der Waals surface area (Å²) in [6.45, 7) is 7.77. The Labute approximate surface area is 177 Å². The van der Waals surface area contributed by atoms with E-state index in [-0.39, 0.29) is 0 Å². The molecule has 1 aliphatic heterocycles. The Bertz CT molecular complexity index is 880. The lowest BCUT2D eigenvalue weighted by Gasteiger charge is -2.30. The van der Waals surface area contributed by atoms with Crippen molar-refractivity contribution < 1.29 is 61.1 Å². The molecule has 32 heavy (non-hydrogen) atoms. The molecule has 1 amide bonds.